The molecule has 0 aliphatic rings. The molecule has 1 aromatic carbocycles. The predicted molar refractivity (Wildman–Crippen MR) is 97.6 cm³/mol. The Morgan fingerprint density at radius 1 is 1.19 bits per heavy atom. The molecule has 142 valence electrons. The number of sulfone groups is 1. The van der Waals surface area contributed by atoms with Crippen molar-refractivity contribution < 1.29 is 17.7 Å². The highest BCUT2D eigenvalue weighted by Gasteiger charge is 2.21. The van der Waals surface area contributed by atoms with Crippen LogP contribution in [0.15, 0.2) is 33.7 Å². The van der Waals surface area contributed by atoms with Gasteiger partial charge in [0.1, 0.15) is 0 Å². The molecule has 0 spiro atoms. The zero-order valence-electron chi connectivity index (χ0n) is 15.6. The fraction of sp³-hybridized carbons (Fsp3) is 0.500. The van der Waals surface area contributed by atoms with Crippen LogP contribution in [0.4, 0.5) is 0 Å². The van der Waals surface area contributed by atoms with Crippen molar-refractivity contribution in [3.8, 4) is 0 Å². The molecule has 26 heavy (non-hydrogen) atoms. The molecule has 7 nitrogen and oxygen atoms in total. The lowest BCUT2D eigenvalue weighted by Crippen LogP contribution is -2.27. The molecule has 2 rings (SSSR count). The summed E-state index contributed by atoms with van der Waals surface area (Å²) < 4.78 is 29.6. The zero-order chi connectivity index (χ0) is 19.4. The summed E-state index contributed by atoms with van der Waals surface area (Å²) in [6, 6.07) is 6.60. The van der Waals surface area contributed by atoms with E-state index in [-0.39, 0.29) is 28.4 Å². The smallest absolute Gasteiger partial charge is 0.232 e. The number of nitrogens with one attached hydrogen (secondary N) is 1. The van der Waals surface area contributed by atoms with E-state index in [9.17, 15) is 13.2 Å². The summed E-state index contributed by atoms with van der Waals surface area (Å²) in [7, 11) is -3.46. The molecule has 0 saturated carbocycles. The molecule has 1 heterocycles. The van der Waals surface area contributed by atoms with Gasteiger partial charge >= 0.3 is 0 Å². The molecule has 2 aromatic rings. The number of carbonyl (C=O) groups is 1. The highest BCUT2D eigenvalue weighted by atomic mass is 32.2. The Balaban J connectivity index is 1.78. The van der Waals surface area contributed by atoms with Crippen LogP contribution < -0.4 is 5.32 Å². The number of carbonyl (C=O) groups excluding carboxylic acids is 1. The van der Waals surface area contributed by atoms with E-state index in [2.05, 4.69) is 15.5 Å². The Morgan fingerprint density at radius 3 is 2.42 bits per heavy atom. The standard InChI is InChI=1S/C18H25N3O4S/c1-13-5-7-14(8-6-13)26(23,24)12-10-16(22)19-11-9-15-20-17(25-21-15)18(2,3)4/h5-8H,9-12H2,1-4H3,(H,19,22). The average molecular weight is 379 g/mol. The Hall–Kier alpha value is -2.22. The van der Waals surface area contributed by atoms with Gasteiger partial charge in [-0.25, -0.2) is 8.42 Å². The lowest BCUT2D eigenvalue weighted by Gasteiger charge is -2.10. The van der Waals surface area contributed by atoms with Crippen LogP contribution in [0.2, 0.25) is 0 Å². The van der Waals surface area contributed by atoms with Crippen LogP contribution in [0.5, 0.6) is 0 Å². The first kappa shape index (κ1) is 20.1. The van der Waals surface area contributed by atoms with Gasteiger partial charge in [0.05, 0.1) is 10.6 Å². The molecule has 8 heteroatoms. The van der Waals surface area contributed by atoms with Crippen molar-refractivity contribution in [3.05, 3.63) is 41.5 Å². The van der Waals surface area contributed by atoms with Crippen LogP contribution in [0, 0.1) is 6.92 Å². The molecule has 0 bridgehead atoms. The minimum absolute atomic E-state index is 0.0876. The van der Waals surface area contributed by atoms with Gasteiger partial charge in [0, 0.05) is 24.8 Å². The third kappa shape index (κ3) is 5.66. The number of hydrogen-bond acceptors (Lipinski definition) is 6. The van der Waals surface area contributed by atoms with Gasteiger partial charge in [-0.3, -0.25) is 4.79 Å². The number of amides is 1. The summed E-state index contributed by atoms with van der Waals surface area (Å²) in [4.78, 5) is 16.4. The van der Waals surface area contributed by atoms with E-state index in [4.69, 9.17) is 4.52 Å². The third-order valence-electron chi connectivity index (χ3n) is 3.76. The molecular formula is C18H25N3O4S. The summed E-state index contributed by atoms with van der Waals surface area (Å²) in [6.07, 6.45) is 0.339. The Morgan fingerprint density at radius 2 is 1.85 bits per heavy atom. The van der Waals surface area contributed by atoms with E-state index >= 15 is 0 Å². The first-order valence-corrected chi connectivity index (χ1v) is 10.1. The molecule has 0 aliphatic carbocycles. The normalized spacial score (nSPS) is 12.2. The van der Waals surface area contributed by atoms with Gasteiger partial charge in [-0.05, 0) is 19.1 Å². The van der Waals surface area contributed by atoms with Gasteiger partial charge in [0.15, 0.2) is 15.7 Å². The highest BCUT2D eigenvalue weighted by molar-refractivity contribution is 7.91. The molecule has 1 amide bonds. The fourth-order valence-corrected chi connectivity index (χ4v) is 3.39. The summed E-state index contributed by atoms with van der Waals surface area (Å²) in [5, 5.41) is 6.57. The summed E-state index contributed by atoms with van der Waals surface area (Å²) in [6.45, 7) is 8.13. The molecule has 1 aromatic heterocycles. The second-order valence-electron chi connectivity index (χ2n) is 7.25. The van der Waals surface area contributed by atoms with Crippen molar-refractivity contribution in [2.24, 2.45) is 0 Å². The number of aryl methyl sites for hydroxylation is 1. The van der Waals surface area contributed by atoms with E-state index in [0.29, 0.717) is 24.7 Å². The van der Waals surface area contributed by atoms with Gasteiger partial charge in [-0.2, -0.15) is 4.98 Å². The molecule has 0 aliphatic heterocycles. The minimum atomic E-state index is -3.46. The van der Waals surface area contributed by atoms with E-state index < -0.39 is 9.84 Å². The topological polar surface area (TPSA) is 102 Å². The maximum atomic E-state index is 12.2. The van der Waals surface area contributed by atoms with Gasteiger partial charge in [-0.1, -0.05) is 43.6 Å². The Labute approximate surface area is 154 Å². The molecule has 0 saturated heterocycles. The van der Waals surface area contributed by atoms with E-state index in [0.717, 1.165) is 5.56 Å². The van der Waals surface area contributed by atoms with Crippen molar-refractivity contribution >= 4 is 15.7 Å². The Kier molecular flexibility index (Phi) is 6.17. The molecular weight excluding hydrogens is 354 g/mol. The van der Waals surface area contributed by atoms with E-state index in [1.54, 1.807) is 24.3 Å². The molecule has 1 N–H and O–H groups in total. The second kappa shape index (κ2) is 7.99. The lowest BCUT2D eigenvalue weighted by atomic mass is 9.97. The van der Waals surface area contributed by atoms with Crippen molar-refractivity contribution in [2.75, 3.05) is 12.3 Å². The number of aromatic nitrogens is 2. The SMILES string of the molecule is Cc1ccc(S(=O)(=O)CCC(=O)NCCc2noc(C(C)(C)C)n2)cc1. The third-order valence-corrected chi connectivity index (χ3v) is 5.49. The zero-order valence-corrected chi connectivity index (χ0v) is 16.4. The van der Waals surface area contributed by atoms with Crippen LogP contribution in [0.3, 0.4) is 0 Å². The number of rotatable bonds is 7. The van der Waals surface area contributed by atoms with Crippen LogP contribution in [-0.4, -0.2) is 36.8 Å². The molecule has 0 radical (unpaired) electrons. The van der Waals surface area contributed by atoms with Crippen LogP contribution >= 0.6 is 0 Å². The maximum Gasteiger partial charge on any atom is 0.232 e. The van der Waals surface area contributed by atoms with Crippen LogP contribution in [0.25, 0.3) is 0 Å². The van der Waals surface area contributed by atoms with Gasteiger partial charge in [0.25, 0.3) is 0 Å². The maximum absolute atomic E-state index is 12.2. The van der Waals surface area contributed by atoms with E-state index in [1.807, 2.05) is 27.7 Å². The number of benzene rings is 1. The predicted octanol–water partition coefficient (Wildman–Crippen LogP) is 2.20. The summed E-state index contributed by atoms with van der Waals surface area (Å²) in [5.41, 5.74) is 0.761. The minimum Gasteiger partial charge on any atom is -0.356 e. The lowest BCUT2D eigenvalue weighted by molar-refractivity contribution is -0.120. The van der Waals surface area contributed by atoms with Gasteiger partial charge < -0.3 is 9.84 Å². The van der Waals surface area contributed by atoms with Crippen molar-refractivity contribution in [1.82, 2.24) is 15.5 Å². The molecule has 0 fully saturated rings. The van der Waals surface area contributed by atoms with Crippen molar-refractivity contribution in [1.29, 1.82) is 0 Å². The second-order valence-corrected chi connectivity index (χ2v) is 9.36. The highest BCUT2D eigenvalue weighted by Crippen LogP contribution is 2.19. The quantitative estimate of drug-likeness (QED) is 0.791. The monoisotopic (exact) mass is 379 g/mol. The number of hydrogen-bond donors (Lipinski definition) is 1. The van der Waals surface area contributed by atoms with Crippen molar-refractivity contribution in [3.63, 3.8) is 0 Å². The van der Waals surface area contributed by atoms with E-state index in [1.165, 1.54) is 0 Å². The molecule has 0 unspecified atom stereocenters. The largest absolute Gasteiger partial charge is 0.356 e. The summed E-state index contributed by atoms with van der Waals surface area (Å²) in [5.74, 6) is 0.517. The van der Waals surface area contributed by atoms with Gasteiger partial charge in [0.2, 0.25) is 11.8 Å². The first-order chi connectivity index (χ1) is 12.1. The summed E-state index contributed by atoms with van der Waals surface area (Å²) >= 11 is 0. The fourth-order valence-electron chi connectivity index (χ4n) is 2.15. The van der Waals surface area contributed by atoms with Gasteiger partial charge in [-0.15, -0.1) is 0 Å². The first-order valence-electron chi connectivity index (χ1n) is 8.47. The van der Waals surface area contributed by atoms with Crippen LogP contribution in [0.1, 0.15) is 44.5 Å². The average Bonchev–Trinajstić information content (AvgIpc) is 3.03. The van der Waals surface area contributed by atoms with Crippen molar-refractivity contribution in [2.45, 2.75) is 50.8 Å². The number of nitrogens with zero attached hydrogens (tertiary/aromatic N) is 2. The molecule has 0 atom stereocenters. The van der Waals surface area contributed by atoms with Crippen LogP contribution in [-0.2, 0) is 26.5 Å². The Bertz CT molecular complexity index is 849.